The van der Waals surface area contributed by atoms with E-state index >= 15 is 0 Å². The van der Waals surface area contributed by atoms with Crippen LogP contribution in [0, 0.1) is 12.7 Å². The second-order valence-corrected chi connectivity index (χ2v) is 3.90. The van der Waals surface area contributed by atoms with Crippen LogP contribution in [0.1, 0.15) is 11.5 Å². The van der Waals surface area contributed by atoms with E-state index in [1.807, 2.05) is 0 Å². The average molecular weight is 240 g/mol. The van der Waals surface area contributed by atoms with E-state index in [0.717, 1.165) is 5.56 Å². The number of halogens is 2. The second-order valence-electron chi connectivity index (χ2n) is 3.52. The maximum atomic E-state index is 13.1. The fourth-order valence-corrected chi connectivity index (χ4v) is 1.60. The first-order valence-corrected chi connectivity index (χ1v) is 5.51. The lowest BCUT2D eigenvalue weighted by Crippen LogP contribution is -1.84. The minimum atomic E-state index is -0.218. The molecular weight excluding hydrogens is 229 g/mol. The van der Waals surface area contributed by atoms with Crippen LogP contribution in [0.3, 0.4) is 0 Å². The lowest BCUT2D eigenvalue weighted by atomic mass is 10.1. The Hall–Kier alpha value is -1.35. The molecule has 0 saturated heterocycles. The van der Waals surface area contributed by atoms with Gasteiger partial charge >= 0.3 is 0 Å². The molecule has 1 heterocycles. The molecule has 2 rings (SSSR count). The minimum Gasteiger partial charge on any atom is -0.441 e. The van der Waals surface area contributed by atoms with Gasteiger partial charge in [-0.3, -0.25) is 0 Å². The summed E-state index contributed by atoms with van der Waals surface area (Å²) in [7, 11) is 0. The molecule has 0 amide bonds. The van der Waals surface area contributed by atoms with Crippen molar-refractivity contribution in [3.8, 4) is 11.3 Å². The molecule has 0 fully saturated rings. The summed E-state index contributed by atoms with van der Waals surface area (Å²) in [6, 6.07) is 4.84. The van der Waals surface area contributed by atoms with E-state index in [2.05, 4.69) is 4.98 Å². The molecule has 0 unspecified atom stereocenters. The van der Waals surface area contributed by atoms with Gasteiger partial charge in [0.05, 0.1) is 6.20 Å². The Labute approximate surface area is 98.1 Å². The molecule has 0 aliphatic rings. The molecule has 16 heavy (non-hydrogen) atoms. The van der Waals surface area contributed by atoms with Gasteiger partial charge in [-0.05, 0) is 30.7 Å². The van der Waals surface area contributed by atoms with Crippen LogP contribution in [-0.4, -0.2) is 10.9 Å². The highest BCUT2D eigenvalue weighted by Crippen LogP contribution is 2.22. The van der Waals surface area contributed by atoms with Crippen molar-refractivity contribution >= 4 is 11.6 Å². The van der Waals surface area contributed by atoms with Crippen LogP contribution in [0.2, 0.25) is 0 Å². The summed E-state index contributed by atoms with van der Waals surface area (Å²) in [5.74, 6) is 1.50. The monoisotopic (exact) mass is 239 g/mol. The van der Waals surface area contributed by atoms with Crippen molar-refractivity contribution in [1.29, 1.82) is 0 Å². The van der Waals surface area contributed by atoms with E-state index in [1.165, 1.54) is 6.07 Å². The third-order valence-corrected chi connectivity index (χ3v) is 2.49. The molecule has 1 aromatic carbocycles. The predicted octanol–water partition coefficient (Wildman–Crippen LogP) is 3.57. The van der Waals surface area contributed by atoms with Gasteiger partial charge in [-0.25, -0.2) is 9.37 Å². The third kappa shape index (κ3) is 2.25. The number of hydrogen-bond donors (Lipinski definition) is 0. The molecule has 0 spiro atoms. The minimum absolute atomic E-state index is 0.218. The molecule has 4 heteroatoms. The quantitative estimate of drug-likeness (QED) is 0.766. The Morgan fingerprint density at radius 2 is 2.25 bits per heavy atom. The summed E-state index contributed by atoms with van der Waals surface area (Å²) in [6.45, 7) is 1.72. The fourth-order valence-electron chi connectivity index (χ4n) is 1.44. The molecule has 84 valence electrons. The van der Waals surface area contributed by atoms with Gasteiger partial charge < -0.3 is 4.42 Å². The highest BCUT2D eigenvalue weighted by molar-refractivity contribution is 6.17. The van der Waals surface area contributed by atoms with Crippen molar-refractivity contribution in [2.75, 3.05) is 5.88 Å². The number of nitrogens with zero attached hydrogens (tertiary/aromatic N) is 1. The maximum Gasteiger partial charge on any atom is 0.196 e. The maximum absolute atomic E-state index is 13.1. The largest absolute Gasteiger partial charge is 0.441 e. The molecule has 0 atom stereocenters. The van der Waals surface area contributed by atoms with Crippen molar-refractivity contribution in [3.05, 3.63) is 41.7 Å². The average Bonchev–Trinajstić information content (AvgIpc) is 2.71. The summed E-state index contributed by atoms with van der Waals surface area (Å²) in [5.41, 5.74) is 1.42. The molecular formula is C12H11ClFNO. The first-order valence-electron chi connectivity index (χ1n) is 4.98. The molecule has 1 aromatic heterocycles. The Bertz CT molecular complexity index is 496. The number of hydrogen-bond acceptors (Lipinski definition) is 2. The molecule has 2 nitrogen and oxygen atoms in total. The summed E-state index contributed by atoms with van der Waals surface area (Å²) in [4.78, 5) is 4.09. The first-order chi connectivity index (χ1) is 7.70. The molecule has 0 saturated carbocycles. The van der Waals surface area contributed by atoms with E-state index in [1.54, 1.807) is 25.3 Å². The standard InChI is InChI=1S/C12H11ClFNO/c1-8-6-9(2-3-10(8)14)11-7-15-12(16-11)4-5-13/h2-3,6-7H,4-5H2,1H3. The van der Waals surface area contributed by atoms with Gasteiger partial charge in [-0.15, -0.1) is 11.6 Å². The number of oxazole rings is 1. The predicted molar refractivity (Wildman–Crippen MR) is 61.1 cm³/mol. The lowest BCUT2D eigenvalue weighted by Gasteiger charge is -1.99. The smallest absolute Gasteiger partial charge is 0.196 e. The van der Waals surface area contributed by atoms with Crippen molar-refractivity contribution in [2.45, 2.75) is 13.3 Å². The Kier molecular flexibility index (Phi) is 3.25. The van der Waals surface area contributed by atoms with Gasteiger partial charge in [0.1, 0.15) is 5.82 Å². The van der Waals surface area contributed by atoms with Gasteiger partial charge in [0.15, 0.2) is 11.7 Å². The van der Waals surface area contributed by atoms with E-state index in [9.17, 15) is 4.39 Å². The summed E-state index contributed by atoms with van der Waals surface area (Å²) in [6.07, 6.45) is 2.23. The lowest BCUT2D eigenvalue weighted by molar-refractivity contribution is 0.514. The highest BCUT2D eigenvalue weighted by Gasteiger charge is 2.07. The zero-order chi connectivity index (χ0) is 11.5. The van der Waals surface area contributed by atoms with Crippen LogP contribution in [0.4, 0.5) is 4.39 Å². The van der Waals surface area contributed by atoms with Gasteiger partial charge in [0, 0.05) is 17.9 Å². The fraction of sp³-hybridized carbons (Fsp3) is 0.250. The highest BCUT2D eigenvalue weighted by atomic mass is 35.5. The van der Waals surface area contributed by atoms with Gasteiger partial charge in [0.2, 0.25) is 0 Å². The van der Waals surface area contributed by atoms with Crippen molar-refractivity contribution in [3.63, 3.8) is 0 Å². The molecule has 2 aromatic rings. The molecule has 0 aliphatic carbocycles. The van der Waals surface area contributed by atoms with Crippen LogP contribution >= 0.6 is 11.6 Å². The topological polar surface area (TPSA) is 26.0 Å². The number of rotatable bonds is 3. The summed E-state index contributed by atoms with van der Waals surface area (Å²) < 4.78 is 18.6. The normalized spacial score (nSPS) is 10.7. The Balaban J connectivity index is 2.31. The van der Waals surface area contributed by atoms with Crippen LogP contribution in [0.5, 0.6) is 0 Å². The first kappa shape index (κ1) is 11.1. The molecule has 0 bridgehead atoms. The van der Waals surface area contributed by atoms with Crippen molar-refractivity contribution < 1.29 is 8.81 Å². The SMILES string of the molecule is Cc1cc(-c2cnc(CCCl)o2)ccc1F. The molecule has 0 aliphatic heterocycles. The van der Waals surface area contributed by atoms with Crippen molar-refractivity contribution in [1.82, 2.24) is 4.98 Å². The van der Waals surface area contributed by atoms with E-state index in [0.29, 0.717) is 29.5 Å². The van der Waals surface area contributed by atoms with Gasteiger partial charge in [-0.1, -0.05) is 0 Å². The Morgan fingerprint density at radius 1 is 1.44 bits per heavy atom. The summed E-state index contributed by atoms with van der Waals surface area (Å²) >= 11 is 5.59. The van der Waals surface area contributed by atoms with E-state index in [-0.39, 0.29) is 5.82 Å². The van der Waals surface area contributed by atoms with Crippen LogP contribution < -0.4 is 0 Å². The number of aromatic nitrogens is 1. The molecule has 0 radical (unpaired) electrons. The zero-order valence-electron chi connectivity index (χ0n) is 8.84. The number of aryl methyl sites for hydroxylation is 2. The zero-order valence-corrected chi connectivity index (χ0v) is 9.59. The van der Waals surface area contributed by atoms with Crippen LogP contribution in [0.25, 0.3) is 11.3 Å². The number of alkyl halides is 1. The second kappa shape index (κ2) is 4.66. The Morgan fingerprint density at radius 3 is 2.94 bits per heavy atom. The van der Waals surface area contributed by atoms with E-state index in [4.69, 9.17) is 16.0 Å². The van der Waals surface area contributed by atoms with Crippen LogP contribution in [-0.2, 0) is 6.42 Å². The van der Waals surface area contributed by atoms with Crippen LogP contribution in [0.15, 0.2) is 28.8 Å². The third-order valence-electron chi connectivity index (χ3n) is 2.30. The van der Waals surface area contributed by atoms with Crippen molar-refractivity contribution in [2.24, 2.45) is 0 Å². The van der Waals surface area contributed by atoms with E-state index < -0.39 is 0 Å². The summed E-state index contributed by atoms with van der Waals surface area (Å²) in [5, 5.41) is 0. The van der Waals surface area contributed by atoms with Gasteiger partial charge in [0.25, 0.3) is 0 Å². The number of benzene rings is 1. The molecule has 0 N–H and O–H groups in total. The van der Waals surface area contributed by atoms with Gasteiger partial charge in [-0.2, -0.15) is 0 Å².